The smallest absolute Gasteiger partial charge is 0.163 e. The van der Waals surface area contributed by atoms with Crippen LogP contribution >= 0.6 is 0 Å². The normalized spacial score (nSPS) is 12.0. The molecule has 4 N–H and O–H groups in total. The molecule has 0 bridgehead atoms. The van der Waals surface area contributed by atoms with Crippen LogP contribution in [0.15, 0.2) is 36.4 Å². The van der Waals surface area contributed by atoms with Crippen LogP contribution in [0.4, 0.5) is 11.6 Å². The van der Waals surface area contributed by atoms with Crippen LogP contribution in [-0.2, 0) is 0 Å². The molecule has 2 aromatic rings. The van der Waals surface area contributed by atoms with Crippen molar-refractivity contribution < 1.29 is 5.11 Å². The van der Waals surface area contributed by atoms with Crippen LogP contribution in [0.3, 0.4) is 0 Å². The lowest BCUT2D eigenvalue weighted by Crippen LogP contribution is -2.32. The second-order valence-electron chi connectivity index (χ2n) is 4.59. The van der Waals surface area contributed by atoms with Gasteiger partial charge in [0.1, 0.15) is 11.6 Å². The van der Waals surface area contributed by atoms with E-state index in [0.29, 0.717) is 17.5 Å². The lowest BCUT2D eigenvalue weighted by molar-refractivity contribution is 0.270. The summed E-state index contributed by atoms with van der Waals surface area (Å²) in [5, 5.41) is 9.25. The van der Waals surface area contributed by atoms with Gasteiger partial charge in [-0.3, -0.25) is 0 Å². The highest BCUT2D eigenvalue weighted by Gasteiger charge is 2.13. The number of hydrogen-bond donors (Lipinski definition) is 3. The lowest BCUT2D eigenvalue weighted by atomic mass is 10.2. The van der Waals surface area contributed by atoms with E-state index in [-0.39, 0.29) is 12.6 Å². The molecule has 1 unspecified atom stereocenters. The first-order valence-electron chi connectivity index (χ1n) is 6.40. The number of nitrogen functional groups attached to an aromatic ring is 1. The molecule has 1 aromatic carbocycles. The molecule has 0 saturated carbocycles. The maximum absolute atomic E-state index is 9.25. The number of hydrogen-bond acceptors (Lipinski definition) is 6. The van der Waals surface area contributed by atoms with E-state index >= 15 is 0 Å². The zero-order chi connectivity index (χ0) is 14.5. The third-order valence-electron chi connectivity index (χ3n) is 3.18. The number of benzene rings is 1. The Balaban J connectivity index is 2.44. The van der Waals surface area contributed by atoms with Gasteiger partial charge in [-0.25, -0.2) is 15.8 Å². The number of nitrogens with zero attached hydrogens (tertiary/aromatic N) is 3. The van der Waals surface area contributed by atoms with Crippen molar-refractivity contribution in [1.82, 2.24) is 9.97 Å². The average molecular weight is 273 g/mol. The van der Waals surface area contributed by atoms with Crippen molar-refractivity contribution in [3.63, 3.8) is 0 Å². The van der Waals surface area contributed by atoms with Crippen LogP contribution in [0, 0.1) is 0 Å². The van der Waals surface area contributed by atoms with Gasteiger partial charge in [-0.2, -0.15) is 0 Å². The number of anilines is 2. The molecule has 106 valence electrons. The van der Waals surface area contributed by atoms with Crippen molar-refractivity contribution in [2.75, 3.05) is 24.0 Å². The van der Waals surface area contributed by atoms with Crippen LogP contribution in [0.1, 0.15) is 6.92 Å². The van der Waals surface area contributed by atoms with Crippen LogP contribution in [-0.4, -0.2) is 34.8 Å². The third-order valence-corrected chi connectivity index (χ3v) is 3.18. The third kappa shape index (κ3) is 3.04. The number of likely N-dealkylation sites (N-methyl/N-ethyl adjacent to an activating group) is 1. The molecule has 0 aliphatic carbocycles. The zero-order valence-electron chi connectivity index (χ0n) is 11.6. The first kappa shape index (κ1) is 14.2. The lowest BCUT2D eigenvalue weighted by Gasteiger charge is -2.24. The fourth-order valence-corrected chi connectivity index (χ4v) is 1.75. The quantitative estimate of drug-likeness (QED) is 0.561. The SMILES string of the molecule is CC(CO)N(C)c1cc(NN)nc(-c2ccccc2)n1. The zero-order valence-corrected chi connectivity index (χ0v) is 11.6. The highest BCUT2D eigenvalue weighted by Crippen LogP contribution is 2.22. The number of nitrogens with one attached hydrogen (secondary N) is 1. The summed E-state index contributed by atoms with van der Waals surface area (Å²) in [5.41, 5.74) is 3.46. The minimum Gasteiger partial charge on any atom is -0.394 e. The number of nitrogens with two attached hydrogens (primary N) is 1. The fourth-order valence-electron chi connectivity index (χ4n) is 1.75. The van der Waals surface area contributed by atoms with Gasteiger partial charge in [0.2, 0.25) is 0 Å². The van der Waals surface area contributed by atoms with Crippen molar-refractivity contribution in [3.8, 4) is 11.4 Å². The maximum Gasteiger partial charge on any atom is 0.163 e. The van der Waals surface area contributed by atoms with Gasteiger partial charge in [-0.05, 0) is 6.92 Å². The fraction of sp³-hybridized carbons (Fsp3) is 0.286. The Hall–Kier alpha value is -2.18. The Morgan fingerprint density at radius 1 is 1.30 bits per heavy atom. The molecule has 1 aromatic heterocycles. The van der Waals surface area contributed by atoms with Crippen molar-refractivity contribution >= 4 is 11.6 Å². The molecule has 0 fully saturated rings. The molecular formula is C14H19N5O. The monoisotopic (exact) mass is 273 g/mol. The standard InChI is InChI=1S/C14H19N5O/c1-10(9-20)19(2)13-8-12(18-15)16-14(17-13)11-6-4-3-5-7-11/h3-8,10,20H,9,15H2,1-2H3,(H,16,17,18). The van der Waals surface area contributed by atoms with E-state index in [0.717, 1.165) is 5.56 Å². The first-order chi connectivity index (χ1) is 9.65. The minimum atomic E-state index is -0.0425. The number of aromatic nitrogens is 2. The van der Waals surface area contributed by atoms with Crippen molar-refractivity contribution in [2.24, 2.45) is 5.84 Å². The summed E-state index contributed by atoms with van der Waals surface area (Å²) < 4.78 is 0. The summed E-state index contributed by atoms with van der Waals surface area (Å²) in [6.07, 6.45) is 0. The molecule has 0 radical (unpaired) electrons. The number of aliphatic hydroxyl groups is 1. The summed E-state index contributed by atoms with van der Waals surface area (Å²) in [5.74, 6) is 7.29. The summed E-state index contributed by atoms with van der Waals surface area (Å²) in [6.45, 7) is 1.96. The van der Waals surface area contributed by atoms with Gasteiger partial charge in [0, 0.05) is 18.7 Å². The molecule has 0 saturated heterocycles. The molecule has 0 aliphatic rings. The second-order valence-corrected chi connectivity index (χ2v) is 4.59. The average Bonchev–Trinajstić information content (AvgIpc) is 2.53. The van der Waals surface area contributed by atoms with Gasteiger partial charge in [-0.15, -0.1) is 0 Å². The van der Waals surface area contributed by atoms with Crippen LogP contribution in [0.25, 0.3) is 11.4 Å². The topological polar surface area (TPSA) is 87.3 Å². The predicted octanol–water partition coefficient (Wildman–Crippen LogP) is 1.25. The van der Waals surface area contributed by atoms with Crippen LogP contribution in [0.5, 0.6) is 0 Å². The Morgan fingerprint density at radius 3 is 2.60 bits per heavy atom. The summed E-state index contributed by atoms with van der Waals surface area (Å²) in [6, 6.07) is 11.4. The molecule has 2 rings (SSSR count). The van der Waals surface area contributed by atoms with Gasteiger partial charge in [0.25, 0.3) is 0 Å². The van der Waals surface area contributed by atoms with E-state index in [4.69, 9.17) is 5.84 Å². The predicted molar refractivity (Wildman–Crippen MR) is 80.2 cm³/mol. The molecule has 6 heteroatoms. The Bertz CT molecular complexity index is 561. The van der Waals surface area contributed by atoms with Gasteiger partial charge in [-0.1, -0.05) is 30.3 Å². The second kappa shape index (κ2) is 6.31. The molecular weight excluding hydrogens is 254 g/mol. The molecule has 1 atom stereocenters. The Kier molecular flexibility index (Phi) is 4.49. The molecule has 1 heterocycles. The van der Waals surface area contributed by atoms with Gasteiger partial charge < -0.3 is 15.4 Å². The van der Waals surface area contributed by atoms with E-state index in [2.05, 4.69) is 15.4 Å². The Labute approximate surface area is 118 Å². The van der Waals surface area contributed by atoms with Crippen molar-refractivity contribution in [2.45, 2.75) is 13.0 Å². The minimum absolute atomic E-state index is 0.0425. The Morgan fingerprint density at radius 2 is 2.00 bits per heavy atom. The van der Waals surface area contributed by atoms with E-state index in [1.807, 2.05) is 49.2 Å². The first-order valence-corrected chi connectivity index (χ1v) is 6.40. The van der Waals surface area contributed by atoms with Gasteiger partial charge in [0.05, 0.1) is 12.6 Å². The van der Waals surface area contributed by atoms with E-state index in [1.165, 1.54) is 0 Å². The van der Waals surface area contributed by atoms with Crippen LogP contribution in [0.2, 0.25) is 0 Å². The van der Waals surface area contributed by atoms with Gasteiger partial charge in [0.15, 0.2) is 5.82 Å². The molecule has 0 spiro atoms. The maximum atomic E-state index is 9.25. The molecule has 6 nitrogen and oxygen atoms in total. The van der Waals surface area contributed by atoms with E-state index in [1.54, 1.807) is 6.07 Å². The van der Waals surface area contributed by atoms with Crippen LogP contribution < -0.4 is 16.2 Å². The van der Waals surface area contributed by atoms with E-state index < -0.39 is 0 Å². The van der Waals surface area contributed by atoms with Crippen molar-refractivity contribution in [3.05, 3.63) is 36.4 Å². The molecule has 0 amide bonds. The van der Waals surface area contributed by atoms with Gasteiger partial charge >= 0.3 is 0 Å². The summed E-state index contributed by atoms with van der Waals surface area (Å²) >= 11 is 0. The number of rotatable bonds is 5. The molecule has 20 heavy (non-hydrogen) atoms. The molecule has 0 aliphatic heterocycles. The largest absolute Gasteiger partial charge is 0.394 e. The highest BCUT2D eigenvalue weighted by molar-refractivity contribution is 5.61. The summed E-state index contributed by atoms with van der Waals surface area (Å²) in [4.78, 5) is 10.8. The summed E-state index contributed by atoms with van der Waals surface area (Å²) in [7, 11) is 1.87. The van der Waals surface area contributed by atoms with E-state index in [9.17, 15) is 5.11 Å². The number of hydrazine groups is 1. The highest BCUT2D eigenvalue weighted by atomic mass is 16.3. The van der Waals surface area contributed by atoms with Crippen molar-refractivity contribution in [1.29, 1.82) is 0 Å². The number of aliphatic hydroxyl groups excluding tert-OH is 1.